The molecule has 1 rings (SSSR count). The molecule has 0 amide bonds. The molecule has 0 saturated heterocycles. The summed E-state index contributed by atoms with van der Waals surface area (Å²) in [5.74, 6) is 0. The predicted octanol–water partition coefficient (Wildman–Crippen LogP) is 4.16. The molecule has 20 heavy (non-hydrogen) atoms. The summed E-state index contributed by atoms with van der Waals surface area (Å²) in [4.78, 5) is 9.33. The summed E-state index contributed by atoms with van der Waals surface area (Å²) in [6, 6.07) is 2.67. The van der Waals surface area contributed by atoms with Crippen molar-refractivity contribution in [2.24, 2.45) is 5.41 Å². The summed E-state index contributed by atoms with van der Waals surface area (Å²) in [5.41, 5.74) is 0.290. The molecule has 0 aliphatic rings. The first-order valence-electron chi connectivity index (χ1n) is 6.81. The third-order valence-electron chi connectivity index (χ3n) is 2.59. The van der Waals surface area contributed by atoms with Crippen LogP contribution in [0.15, 0.2) is 21.7 Å². The van der Waals surface area contributed by atoms with Crippen LogP contribution in [-0.4, -0.2) is 37.8 Å². The van der Waals surface area contributed by atoms with E-state index in [1.54, 1.807) is 11.3 Å². The Balaban J connectivity index is 0. The van der Waals surface area contributed by atoms with Crippen molar-refractivity contribution in [1.82, 2.24) is 9.62 Å². The van der Waals surface area contributed by atoms with Crippen molar-refractivity contribution in [2.75, 3.05) is 20.6 Å². The molecule has 5 heteroatoms. The van der Waals surface area contributed by atoms with Crippen molar-refractivity contribution in [3.63, 3.8) is 0 Å². The van der Waals surface area contributed by atoms with Crippen LogP contribution in [0.1, 0.15) is 34.6 Å². The van der Waals surface area contributed by atoms with Crippen LogP contribution in [0.5, 0.6) is 0 Å². The van der Waals surface area contributed by atoms with Gasteiger partial charge in [-0.3, -0.25) is 0 Å². The Morgan fingerprint density at radius 1 is 1.40 bits per heavy atom. The molecule has 1 atom stereocenters. The molecule has 1 aromatic heterocycles. The summed E-state index contributed by atoms with van der Waals surface area (Å²) in [7, 11) is 4.19. The van der Waals surface area contributed by atoms with E-state index in [-0.39, 0.29) is 5.41 Å². The van der Waals surface area contributed by atoms with Gasteiger partial charge in [0, 0.05) is 22.9 Å². The number of hydrogen-bond acceptors (Lipinski definition) is 5. The first kappa shape index (κ1) is 21.9. The predicted molar refractivity (Wildman–Crippen MR) is 93.6 cm³/mol. The fraction of sp³-hybridized carbons (Fsp3) is 0.667. The van der Waals surface area contributed by atoms with E-state index >= 15 is 0 Å². The van der Waals surface area contributed by atoms with Crippen molar-refractivity contribution in [3.05, 3.63) is 16.8 Å². The molecule has 0 bridgehead atoms. The first-order chi connectivity index (χ1) is 9.43. The number of nitrogens with zero attached hydrogens (tertiary/aromatic N) is 1. The van der Waals surface area contributed by atoms with Gasteiger partial charge in [0.1, 0.15) is 6.79 Å². The quantitative estimate of drug-likeness (QED) is 0.826. The Kier molecular flexibility index (Phi) is 13.6. The van der Waals surface area contributed by atoms with Gasteiger partial charge in [-0.05, 0) is 42.9 Å². The number of hydrogen-bond donors (Lipinski definition) is 1. The highest BCUT2D eigenvalue weighted by Gasteiger charge is 2.24. The number of carbonyl (C=O) groups is 1. The van der Waals surface area contributed by atoms with Crippen molar-refractivity contribution in [3.8, 4) is 0 Å². The van der Waals surface area contributed by atoms with Gasteiger partial charge >= 0.3 is 0 Å². The largest absolute Gasteiger partial charge is 0.315 e. The summed E-state index contributed by atoms with van der Waals surface area (Å²) >= 11 is 3.56. The number of nitrogens with one attached hydrogen (secondary N) is 1. The highest BCUT2D eigenvalue weighted by Crippen LogP contribution is 2.26. The van der Waals surface area contributed by atoms with Crippen LogP contribution in [0.2, 0.25) is 0 Å². The fourth-order valence-corrected chi connectivity index (χ4v) is 3.23. The minimum atomic E-state index is 0.290. The SMILES string of the molecule is C=O.CC.CNC(CN(C)Sc1ccsc1)C(C)(C)C. The zero-order valence-corrected chi connectivity index (χ0v) is 15.5. The van der Waals surface area contributed by atoms with Gasteiger partial charge in [0.2, 0.25) is 0 Å². The molecule has 0 aliphatic carbocycles. The molecule has 0 saturated carbocycles. The molecule has 3 nitrogen and oxygen atoms in total. The molecule has 0 aliphatic heterocycles. The maximum Gasteiger partial charge on any atom is 0.106 e. The van der Waals surface area contributed by atoms with Crippen LogP contribution in [0, 0.1) is 5.41 Å². The lowest BCUT2D eigenvalue weighted by Crippen LogP contribution is -2.44. The summed E-state index contributed by atoms with van der Waals surface area (Å²) in [6.07, 6.45) is 0. The molecular weight excluding hydrogens is 288 g/mol. The van der Waals surface area contributed by atoms with E-state index in [2.05, 4.69) is 54.3 Å². The monoisotopic (exact) mass is 318 g/mol. The van der Waals surface area contributed by atoms with Gasteiger partial charge in [-0.15, -0.1) is 0 Å². The van der Waals surface area contributed by atoms with Crippen LogP contribution in [0.4, 0.5) is 0 Å². The lowest BCUT2D eigenvalue weighted by molar-refractivity contribution is -0.0979. The Morgan fingerprint density at radius 3 is 2.30 bits per heavy atom. The average Bonchev–Trinajstić information content (AvgIpc) is 2.92. The Morgan fingerprint density at radius 2 is 1.95 bits per heavy atom. The van der Waals surface area contributed by atoms with Gasteiger partial charge < -0.3 is 10.1 Å². The van der Waals surface area contributed by atoms with Gasteiger partial charge in [-0.1, -0.05) is 34.6 Å². The smallest absolute Gasteiger partial charge is 0.106 e. The molecule has 1 aromatic rings. The van der Waals surface area contributed by atoms with Crippen LogP contribution in [0.25, 0.3) is 0 Å². The van der Waals surface area contributed by atoms with Gasteiger partial charge in [-0.2, -0.15) is 11.3 Å². The first-order valence-corrected chi connectivity index (χ1v) is 8.52. The third-order valence-corrected chi connectivity index (χ3v) is 4.35. The van der Waals surface area contributed by atoms with E-state index in [0.717, 1.165) is 6.54 Å². The standard InChI is InChI=1S/C12H22N2S2.C2H6.CH2O/c1-12(2,3)11(13-4)8-14(5)16-10-6-7-15-9-10;2*1-2/h6-7,9,11,13H,8H2,1-5H3;1-2H3;1H2. The molecule has 0 radical (unpaired) electrons. The number of rotatable bonds is 5. The maximum atomic E-state index is 8.00. The summed E-state index contributed by atoms with van der Waals surface area (Å²) < 4.78 is 2.30. The topological polar surface area (TPSA) is 32.3 Å². The molecule has 0 aromatic carbocycles. The second-order valence-corrected chi connectivity index (χ2v) is 7.13. The van der Waals surface area contributed by atoms with Crippen LogP contribution < -0.4 is 5.32 Å². The molecule has 0 spiro atoms. The molecule has 1 heterocycles. The maximum absolute atomic E-state index is 8.00. The van der Waals surface area contributed by atoms with Crippen molar-refractivity contribution in [2.45, 2.75) is 45.6 Å². The normalized spacial score (nSPS) is 12.0. The summed E-state index contributed by atoms with van der Waals surface area (Å²) in [6.45, 7) is 13.9. The Hall–Kier alpha value is -0.360. The molecule has 0 fully saturated rings. The fourth-order valence-electron chi connectivity index (χ4n) is 1.58. The number of thiophene rings is 1. The Labute approximate surface area is 133 Å². The summed E-state index contributed by atoms with van der Waals surface area (Å²) in [5, 5.41) is 7.71. The lowest BCUT2D eigenvalue weighted by Gasteiger charge is -2.33. The average molecular weight is 319 g/mol. The highest BCUT2D eigenvalue weighted by atomic mass is 32.2. The van der Waals surface area contributed by atoms with E-state index in [1.165, 1.54) is 4.90 Å². The second-order valence-electron chi connectivity index (χ2n) is 5.07. The second kappa shape index (κ2) is 12.4. The molecule has 1 N–H and O–H groups in total. The number of likely N-dealkylation sites (N-methyl/N-ethyl adjacent to an activating group) is 2. The van der Waals surface area contributed by atoms with Crippen molar-refractivity contribution < 1.29 is 4.79 Å². The molecule has 1 unspecified atom stereocenters. The van der Waals surface area contributed by atoms with Gasteiger partial charge in [0.25, 0.3) is 0 Å². The number of carbonyl (C=O) groups excluding carboxylic acids is 1. The third kappa shape index (κ3) is 9.53. The molecular formula is C15H30N2OS2. The van der Waals surface area contributed by atoms with Crippen molar-refractivity contribution in [1.29, 1.82) is 0 Å². The van der Waals surface area contributed by atoms with Gasteiger partial charge in [-0.25, -0.2) is 4.31 Å². The minimum Gasteiger partial charge on any atom is -0.315 e. The highest BCUT2D eigenvalue weighted by molar-refractivity contribution is 7.97. The van der Waals surface area contributed by atoms with E-state index < -0.39 is 0 Å². The Bertz CT molecular complexity index is 310. The molecule has 118 valence electrons. The van der Waals surface area contributed by atoms with Crippen molar-refractivity contribution >= 4 is 30.1 Å². The van der Waals surface area contributed by atoms with Crippen LogP contribution in [0.3, 0.4) is 0 Å². The zero-order chi connectivity index (χ0) is 16.2. The van der Waals surface area contributed by atoms with E-state index in [1.807, 2.05) is 39.6 Å². The lowest BCUT2D eigenvalue weighted by atomic mass is 9.87. The van der Waals surface area contributed by atoms with E-state index in [9.17, 15) is 0 Å². The van der Waals surface area contributed by atoms with E-state index in [0.29, 0.717) is 6.04 Å². The minimum absolute atomic E-state index is 0.290. The van der Waals surface area contributed by atoms with Crippen LogP contribution in [-0.2, 0) is 4.79 Å². The zero-order valence-electron chi connectivity index (χ0n) is 13.9. The van der Waals surface area contributed by atoms with Crippen LogP contribution >= 0.6 is 23.3 Å². The van der Waals surface area contributed by atoms with Gasteiger partial charge in [0.15, 0.2) is 0 Å². The van der Waals surface area contributed by atoms with E-state index in [4.69, 9.17) is 4.79 Å². The van der Waals surface area contributed by atoms with Gasteiger partial charge in [0.05, 0.1) is 0 Å².